The topological polar surface area (TPSA) is 71.8 Å². The van der Waals surface area contributed by atoms with Crippen LogP contribution in [0, 0.1) is 11.8 Å². The minimum absolute atomic E-state index is 0.133. The average molecular weight is 249 g/mol. The number of hydrogen-bond acceptors (Lipinski definition) is 3. The standard InChI is InChI=1S/C14H23N3O/c1-3-9(2)10-6-4-5-7-11(10)14-16-12(15)8-13(18)17-14/h8-11H,3-7H2,1-2H3,(H3,15,16,17,18). The number of hydrogen-bond donors (Lipinski definition) is 2. The molecule has 1 saturated carbocycles. The largest absolute Gasteiger partial charge is 0.383 e. The van der Waals surface area contributed by atoms with Crippen LogP contribution in [0.5, 0.6) is 0 Å². The zero-order valence-corrected chi connectivity index (χ0v) is 11.3. The molecule has 3 unspecified atom stereocenters. The molecule has 0 spiro atoms. The molecule has 3 atom stereocenters. The highest BCUT2D eigenvalue weighted by molar-refractivity contribution is 5.26. The van der Waals surface area contributed by atoms with E-state index in [1.165, 1.54) is 31.7 Å². The number of aromatic amines is 1. The first kappa shape index (κ1) is 13.1. The second kappa shape index (κ2) is 5.55. The Labute approximate surface area is 108 Å². The van der Waals surface area contributed by atoms with E-state index in [9.17, 15) is 4.79 Å². The molecule has 0 aromatic carbocycles. The van der Waals surface area contributed by atoms with Crippen LogP contribution in [0.15, 0.2) is 10.9 Å². The molecule has 0 radical (unpaired) electrons. The molecule has 4 heteroatoms. The molecule has 4 nitrogen and oxygen atoms in total. The first-order valence-electron chi connectivity index (χ1n) is 6.98. The normalized spacial score (nSPS) is 25.9. The van der Waals surface area contributed by atoms with E-state index in [-0.39, 0.29) is 5.56 Å². The summed E-state index contributed by atoms with van der Waals surface area (Å²) >= 11 is 0. The quantitative estimate of drug-likeness (QED) is 0.865. The summed E-state index contributed by atoms with van der Waals surface area (Å²) in [4.78, 5) is 18.8. The highest BCUT2D eigenvalue weighted by Gasteiger charge is 2.31. The van der Waals surface area contributed by atoms with Crippen LogP contribution in [0.3, 0.4) is 0 Å². The summed E-state index contributed by atoms with van der Waals surface area (Å²) in [5, 5.41) is 0. The highest BCUT2D eigenvalue weighted by atomic mass is 16.1. The van der Waals surface area contributed by atoms with E-state index >= 15 is 0 Å². The third-order valence-electron chi connectivity index (χ3n) is 4.33. The maximum absolute atomic E-state index is 11.5. The van der Waals surface area contributed by atoms with Gasteiger partial charge in [0.15, 0.2) is 0 Å². The molecular weight excluding hydrogens is 226 g/mol. The Morgan fingerprint density at radius 1 is 1.50 bits per heavy atom. The zero-order chi connectivity index (χ0) is 13.1. The summed E-state index contributed by atoms with van der Waals surface area (Å²) in [5.41, 5.74) is 5.56. The molecule has 100 valence electrons. The molecule has 2 rings (SSSR count). The van der Waals surface area contributed by atoms with Crippen LogP contribution >= 0.6 is 0 Å². The van der Waals surface area contributed by atoms with Gasteiger partial charge in [0.1, 0.15) is 11.6 Å². The third kappa shape index (κ3) is 2.74. The number of aromatic nitrogens is 2. The number of nitrogen functional groups attached to an aromatic ring is 1. The van der Waals surface area contributed by atoms with Crippen LogP contribution in [-0.4, -0.2) is 9.97 Å². The van der Waals surface area contributed by atoms with Crippen LogP contribution in [0.1, 0.15) is 57.7 Å². The molecule has 0 amide bonds. The van der Waals surface area contributed by atoms with Gasteiger partial charge in [0.2, 0.25) is 0 Å². The van der Waals surface area contributed by atoms with Crippen molar-refractivity contribution >= 4 is 5.82 Å². The molecular formula is C14H23N3O. The summed E-state index contributed by atoms with van der Waals surface area (Å²) in [6.07, 6.45) is 6.03. The Morgan fingerprint density at radius 2 is 2.22 bits per heavy atom. The number of H-pyrrole nitrogens is 1. The number of anilines is 1. The lowest BCUT2D eigenvalue weighted by atomic mass is 9.72. The van der Waals surface area contributed by atoms with E-state index in [1.807, 2.05) is 0 Å². The van der Waals surface area contributed by atoms with Crippen molar-refractivity contribution in [2.45, 2.75) is 51.9 Å². The van der Waals surface area contributed by atoms with Crippen molar-refractivity contribution in [3.63, 3.8) is 0 Å². The molecule has 0 aliphatic heterocycles. The van der Waals surface area contributed by atoms with E-state index in [0.29, 0.717) is 23.6 Å². The van der Waals surface area contributed by atoms with E-state index in [2.05, 4.69) is 23.8 Å². The molecule has 0 bridgehead atoms. The van der Waals surface area contributed by atoms with Gasteiger partial charge in [-0.3, -0.25) is 4.79 Å². The van der Waals surface area contributed by atoms with E-state index in [1.54, 1.807) is 0 Å². The Balaban J connectivity index is 2.30. The highest BCUT2D eigenvalue weighted by Crippen LogP contribution is 2.41. The Morgan fingerprint density at radius 3 is 2.89 bits per heavy atom. The van der Waals surface area contributed by atoms with Gasteiger partial charge in [-0.1, -0.05) is 33.1 Å². The molecule has 18 heavy (non-hydrogen) atoms. The minimum atomic E-state index is -0.133. The van der Waals surface area contributed by atoms with Gasteiger partial charge in [0.25, 0.3) is 5.56 Å². The fraction of sp³-hybridized carbons (Fsp3) is 0.714. The third-order valence-corrected chi connectivity index (χ3v) is 4.33. The van der Waals surface area contributed by atoms with Gasteiger partial charge in [-0.05, 0) is 24.7 Å². The number of rotatable bonds is 3. The minimum Gasteiger partial charge on any atom is -0.383 e. The maximum Gasteiger partial charge on any atom is 0.252 e. The molecule has 1 aromatic heterocycles. The molecule has 1 aromatic rings. The van der Waals surface area contributed by atoms with Crippen molar-refractivity contribution in [2.75, 3.05) is 5.73 Å². The maximum atomic E-state index is 11.5. The van der Waals surface area contributed by atoms with Crippen molar-refractivity contribution in [3.05, 3.63) is 22.2 Å². The van der Waals surface area contributed by atoms with Gasteiger partial charge in [0.05, 0.1) is 0 Å². The first-order valence-corrected chi connectivity index (χ1v) is 6.98. The molecule has 3 N–H and O–H groups in total. The summed E-state index contributed by atoms with van der Waals surface area (Å²) in [5.74, 6) is 2.79. The van der Waals surface area contributed by atoms with E-state index < -0.39 is 0 Å². The van der Waals surface area contributed by atoms with Gasteiger partial charge < -0.3 is 10.7 Å². The van der Waals surface area contributed by atoms with Gasteiger partial charge in [-0.15, -0.1) is 0 Å². The summed E-state index contributed by atoms with van der Waals surface area (Å²) < 4.78 is 0. The molecule has 1 heterocycles. The lowest BCUT2D eigenvalue weighted by Gasteiger charge is -2.34. The predicted molar refractivity (Wildman–Crippen MR) is 73.4 cm³/mol. The summed E-state index contributed by atoms with van der Waals surface area (Å²) in [6, 6.07) is 1.35. The lowest BCUT2D eigenvalue weighted by molar-refractivity contribution is 0.214. The van der Waals surface area contributed by atoms with E-state index in [0.717, 1.165) is 12.2 Å². The van der Waals surface area contributed by atoms with Gasteiger partial charge in [0, 0.05) is 12.0 Å². The van der Waals surface area contributed by atoms with Crippen LogP contribution < -0.4 is 11.3 Å². The lowest BCUT2D eigenvalue weighted by Crippen LogP contribution is -2.27. The SMILES string of the molecule is CCC(C)C1CCCCC1c1nc(N)cc(=O)[nH]1. The fourth-order valence-electron chi connectivity index (χ4n) is 3.15. The van der Waals surface area contributed by atoms with Gasteiger partial charge in [-0.2, -0.15) is 0 Å². The smallest absolute Gasteiger partial charge is 0.252 e. The summed E-state index contributed by atoms with van der Waals surface area (Å²) in [6.45, 7) is 4.53. The van der Waals surface area contributed by atoms with E-state index in [4.69, 9.17) is 5.73 Å². The molecule has 1 fully saturated rings. The Hall–Kier alpha value is -1.32. The fourth-order valence-corrected chi connectivity index (χ4v) is 3.15. The number of nitrogens with two attached hydrogens (primary N) is 1. The number of nitrogens with zero attached hydrogens (tertiary/aromatic N) is 1. The van der Waals surface area contributed by atoms with Crippen molar-refractivity contribution in [1.29, 1.82) is 0 Å². The van der Waals surface area contributed by atoms with Crippen molar-refractivity contribution in [2.24, 2.45) is 11.8 Å². The van der Waals surface area contributed by atoms with Gasteiger partial charge >= 0.3 is 0 Å². The molecule has 0 saturated heterocycles. The monoisotopic (exact) mass is 249 g/mol. The van der Waals surface area contributed by atoms with Crippen molar-refractivity contribution in [3.8, 4) is 0 Å². The average Bonchev–Trinajstić information content (AvgIpc) is 2.36. The number of nitrogens with one attached hydrogen (secondary N) is 1. The van der Waals surface area contributed by atoms with Crippen LogP contribution in [0.2, 0.25) is 0 Å². The first-order chi connectivity index (χ1) is 8.61. The van der Waals surface area contributed by atoms with Crippen molar-refractivity contribution in [1.82, 2.24) is 9.97 Å². The van der Waals surface area contributed by atoms with Crippen LogP contribution in [0.25, 0.3) is 0 Å². The second-order valence-electron chi connectivity index (χ2n) is 5.50. The van der Waals surface area contributed by atoms with Crippen LogP contribution in [-0.2, 0) is 0 Å². The zero-order valence-electron chi connectivity index (χ0n) is 11.3. The summed E-state index contributed by atoms with van der Waals surface area (Å²) in [7, 11) is 0. The van der Waals surface area contributed by atoms with Gasteiger partial charge in [-0.25, -0.2) is 4.98 Å². The Kier molecular flexibility index (Phi) is 4.04. The molecule has 1 aliphatic rings. The Bertz CT molecular complexity index is 455. The van der Waals surface area contributed by atoms with Crippen LogP contribution in [0.4, 0.5) is 5.82 Å². The predicted octanol–water partition coefficient (Wildman–Crippen LogP) is 2.67. The molecule has 1 aliphatic carbocycles. The van der Waals surface area contributed by atoms with Crippen molar-refractivity contribution < 1.29 is 0 Å². The second-order valence-corrected chi connectivity index (χ2v) is 5.50.